The molecule has 0 bridgehead atoms. The summed E-state index contributed by atoms with van der Waals surface area (Å²) >= 11 is 0. The van der Waals surface area contributed by atoms with Gasteiger partial charge in [-0.1, -0.05) is 12.1 Å². The highest BCUT2D eigenvalue weighted by molar-refractivity contribution is 7.92. The van der Waals surface area contributed by atoms with E-state index in [1.165, 1.54) is 6.20 Å². The largest absolute Gasteiger partial charge is 0.389 e. The van der Waals surface area contributed by atoms with Gasteiger partial charge in [-0.3, -0.25) is 4.72 Å². The van der Waals surface area contributed by atoms with Gasteiger partial charge in [-0.25, -0.2) is 4.98 Å². The average Bonchev–Trinajstić information content (AvgIpc) is 2.70. The van der Waals surface area contributed by atoms with Gasteiger partial charge in [0.2, 0.25) is 0 Å². The number of aliphatic hydroxyl groups is 1. The van der Waals surface area contributed by atoms with Gasteiger partial charge >= 0.3 is 0 Å². The fourth-order valence-electron chi connectivity index (χ4n) is 1.73. The molecule has 0 saturated carbocycles. The second-order valence-electron chi connectivity index (χ2n) is 4.64. The molecule has 1 aromatic heterocycles. The van der Waals surface area contributed by atoms with Crippen molar-refractivity contribution in [2.45, 2.75) is 25.0 Å². The van der Waals surface area contributed by atoms with Crippen molar-refractivity contribution in [1.82, 2.24) is 9.55 Å². The monoisotopic (exact) mass is 295 g/mol. The van der Waals surface area contributed by atoms with E-state index in [1.807, 2.05) is 0 Å². The standard InChI is InChI=1S/C13H17N3O3S/c1-9(17)11-5-4-6-12(7-11)15-20(18,19)13-8-16(3)10(2)14-13/h4-9,15,17H,1-3H3. The summed E-state index contributed by atoms with van der Waals surface area (Å²) in [6, 6.07) is 6.63. The molecule has 2 rings (SSSR count). The number of hydrogen-bond acceptors (Lipinski definition) is 4. The third-order valence-electron chi connectivity index (χ3n) is 2.98. The number of benzene rings is 1. The average molecular weight is 295 g/mol. The molecular formula is C13H17N3O3S. The van der Waals surface area contributed by atoms with Crippen molar-refractivity contribution in [3.05, 3.63) is 41.9 Å². The lowest BCUT2D eigenvalue weighted by atomic mass is 10.1. The predicted molar refractivity (Wildman–Crippen MR) is 75.8 cm³/mol. The predicted octanol–water partition coefficient (Wildman–Crippen LogP) is 1.58. The highest BCUT2D eigenvalue weighted by Gasteiger charge is 2.18. The van der Waals surface area contributed by atoms with Crippen LogP contribution < -0.4 is 4.72 Å². The van der Waals surface area contributed by atoms with Gasteiger partial charge in [0, 0.05) is 18.9 Å². The van der Waals surface area contributed by atoms with Crippen LogP contribution in [0, 0.1) is 6.92 Å². The number of aromatic nitrogens is 2. The van der Waals surface area contributed by atoms with Crippen LogP contribution in [0.25, 0.3) is 0 Å². The van der Waals surface area contributed by atoms with Crippen LogP contribution in [0.15, 0.2) is 35.5 Å². The SMILES string of the molecule is Cc1nc(S(=O)(=O)Nc2cccc(C(C)O)c2)cn1C. The number of aryl methyl sites for hydroxylation is 2. The molecule has 0 saturated heterocycles. The van der Waals surface area contributed by atoms with E-state index in [4.69, 9.17) is 0 Å². The Bertz CT molecular complexity index is 701. The quantitative estimate of drug-likeness (QED) is 0.897. The first-order valence-electron chi connectivity index (χ1n) is 6.10. The summed E-state index contributed by atoms with van der Waals surface area (Å²) in [5.41, 5.74) is 1.04. The molecule has 0 aliphatic heterocycles. The highest BCUT2D eigenvalue weighted by atomic mass is 32.2. The molecule has 0 amide bonds. The normalized spacial score (nSPS) is 13.2. The first kappa shape index (κ1) is 14.5. The first-order chi connectivity index (χ1) is 9.29. The molecular weight excluding hydrogens is 278 g/mol. The minimum Gasteiger partial charge on any atom is -0.389 e. The molecule has 0 radical (unpaired) electrons. The lowest BCUT2D eigenvalue weighted by molar-refractivity contribution is 0.199. The lowest BCUT2D eigenvalue weighted by Gasteiger charge is -2.09. The molecule has 2 aromatic rings. The van der Waals surface area contributed by atoms with E-state index < -0.39 is 16.1 Å². The second kappa shape index (κ2) is 5.26. The molecule has 0 fully saturated rings. The van der Waals surface area contributed by atoms with E-state index in [-0.39, 0.29) is 5.03 Å². The zero-order valence-electron chi connectivity index (χ0n) is 11.5. The fourth-order valence-corrected chi connectivity index (χ4v) is 2.82. The van der Waals surface area contributed by atoms with Gasteiger partial charge in [-0.15, -0.1) is 0 Å². The van der Waals surface area contributed by atoms with Crippen molar-refractivity contribution in [2.24, 2.45) is 7.05 Å². The van der Waals surface area contributed by atoms with E-state index in [1.54, 1.807) is 49.7 Å². The Labute approximate surface area is 118 Å². The van der Waals surface area contributed by atoms with Crippen molar-refractivity contribution in [1.29, 1.82) is 0 Å². The van der Waals surface area contributed by atoms with Crippen LogP contribution in [0.1, 0.15) is 24.4 Å². The number of nitrogens with one attached hydrogen (secondary N) is 1. The summed E-state index contributed by atoms with van der Waals surface area (Å²) in [6.45, 7) is 3.35. The Morgan fingerprint density at radius 2 is 2.10 bits per heavy atom. The van der Waals surface area contributed by atoms with E-state index in [0.29, 0.717) is 17.1 Å². The zero-order valence-corrected chi connectivity index (χ0v) is 12.3. The topological polar surface area (TPSA) is 84.2 Å². The maximum absolute atomic E-state index is 12.2. The number of hydrogen-bond donors (Lipinski definition) is 2. The molecule has 1 heterocycles. The molecule has 20 heavy (non-hydrogen) atoms. The molecule has 1 aromatic carbocycles. The van der Waals surface area contributed by atoms with Crippen molar-refractivity contribution in [3.8, 4) is 0 Å². The Hall–Kier alpha value is -1.86. The van der Waals surface area contributed by atoms with Gasteiger partial charge in [-0.05, 0) is 31.5 Å². The summed E-state index contributed by atoms with van der Waals surface area (Å²) < 4.78 is 28.5. The summed E-state index contributed by atoms with van der Waals surface area (Å²) in [6.07, 6.45) is 0.799. The van der Waals surface area contributed by atoms with Crippen molar-refractivity contribution in [2.75, 3.05) is 4.72 Å². The Kier molecular flexibility index (Phi) is 3.82. The van der Waals surface area contributed by atoms with E-state index in [2.05, 4.69) is 9.71 Å². The van der Waals surface area contributed by atoms with E-state index in [0.717, 1.165) is 0 Å². The van der Waals surface area contributed by atoms with E-state index >= 15 is 0 Å². The molecule has 108 valence electrons. The highest BCUT2D eigenvalue weighted by Crippen LogP contribution is 2.20. The van der Waals surface area contributed by atoms with Gasteiger partial charge in [0.1, 0.15) is 5.82 Å². The molecule has 0 aliphatic carbocycles. The number of aliphatic hydroxyl groups excluding tert-OH is 1. The van der Waals surface area contributed by atoms with E-state index in [9.17, 15) is 13.5 Å². The molecule has 6 nitrogen and oxygen atoms in total. The van der Waals surface area contributed by atoms with Crippen LogP contribution >= 0.6 is 0 Å². The summed E-state index contributed by atoms with van der Waals surface area (Å²) in [7, 11) is -1.99. The summed E-state index contributed by atoms with van der Waals surface area (Å²) in [4.78, 5) is 4.00. The second-order valence-corrected chi connectivity index (χ2v) is 6.27. The molecule has 7 heteroatoms. The number of sulfonamides is 1. The van der Waals surface area contributed by atoms with Gasteiger partial charge in [0.15, 0.2) is 5.03 Å². The van der Waals surface area contributed by atoms with Crippen LogP contribution in [-0.2, 0) is 17.1 Å². The van der Waals surface area contributed by atoms with Crippen LogP contribution in [0.3, 0.4) is 0 Å². The minimum absolute atomic E-state index is 0.0278. The minimum atomic E-state index is -3.72. The number of imidazole rings is 1. The van der Waals surface area contributed by atoms with Crippen LogP contribution in [0.5, 0.6) is 0 Å². The number of rotatable bonds is 4. The Morgan fingerprint density at radius 1 is 1.40 bits per heavy atom. The third-order valence-corrected chi connectivity index (χ3v) is 4.23. The maximum Gasteiger partial charge on any atom is 0.280 e. The first-order valence-corrected chi connectivity index (χ1v) is 7.59. The fraction of sp³-hybridized carbons (Fsp3) is 0.308. The smallest absolute Gasteiger partial charge is 0.280 e. The summed E-state index contributed by atoms with van der Waals surface area (Å²) in [5, 5.41) is 9.48. The van der Waals surface area contributed by atoms with Gasteiger partial charge < -0.3 is 9.67 Å². The van der Waals surface area contributed by atoms with Crippen LogP contribution in [0.4, 0.5) is 5.69 Å². The number of anilines is 1. The van der Waals surface area contributed by atoms with Crippen molar-refractivity contribution >= 4 is 15.7 Å². The van der Waals surface area contributed by atoms with Gasteiger partial charge in [-0.2, -0.15) is 8.42 Å². The van der Waals surface area contributed by atoms with Gasteiger partial charge in [0.05, 0.1) is 6.10 Å². The van der Waals surface area contributed by atoms with Crippen molar-refractivity contribution < 1.29 is 13.5 Å². The molecule has 1 atom stereocenters. The molecule has 2 N–H and O–H groups in total. The summed E-state index contributed by atoms with van der Waals surface area (Å²) in [5.74, 6) is 0.614. The molecule has 0 aliphatic rings. The lowest BCUT2D eigenvalue weighted by Crippen LogP contribution is -2.13. The third kappa shape index (κ3) is 3.00. The molecule has 1 unspecified atom stereocenters. The maximum atomic E-state index is 12.2. The van der Waals surface area contributed by atoms with Crippen molar-refractivity contribution in [3.63, 3.8) is 0 Å². The number of nitrogens with zero attached hydrogens (tertiary/aromatic N) is 2. The van der Waals surface area contributed by atoms with Crippen LogP contribution in [0.2, 0.25) is 0 Å². The zero-order chi connectivity index (χ0) is 14.9. The van der Waals surface area contributed by atoms with Crippen LogP contribution in [-0.4, -0.2) is 23.1 Å². The molecule has 0 spiro atoms. The Morgan fingerprint density at radius 3 is 2.65 bits per heavy atom. The Balaban J connectivity index is 2.31. The van der Waals surface area contributed by atoms with Gasteiger partial charge in [0.25, 0.3) is 10.0 Å².